The zero-order valence-corrected chi connectivity index (χ0v) is 10.6. The number of hydrogen-bond acceptors (Lipinski definition) is 4. The van der Waals surface area contributed by atoms with Crippen molar-refractivity contribution in [1.29, 1.82) is 0 Å². The van der Waals surface area contributed by atoms with Gasteiger partial charge in [-0.3, -0.25) is 0 Å². The maximum Gasteiger partial charge on any atom is 0.128 e. The van der Waals surface area contributed by atoms with E-state index in [1.165, 1.54) is 0 Å². The molecule has 1 aromatic rings. The summed E-state index contributed by atoms with van der Waals surface area (Å²) in [6.45, 7) is 5.02. The largest absolute Gasteiger partial charge is 0.381 e. The lowest BCUT2D eigenvalue weighted by Gasteiger charge is -2.33. The van der Waals surface area contributed by atoms with Gasteiger partial charge in [-0.15, -0.1) is 0 Å². The van der Waals surface area contributed by atoms with Crippen LogP contribution in [0.4, 0.5) is 11.6 Å². The molecule has 0 aromatic carbocycles. The summed E-state index contributed by atoms with van der Waals surface area (Å²) in [5.74, 6) is 1.83. The smallest absolute Gasteiger partial charge is 0.128 e. The molecule has 2 rings (SSSR count). The summed E-state index contributed by atoms with van der Waals surface area (Å²) in [4.78, 5) is 4.45. The van der Waals surface area contributed by atoms with E-state index in [1.54, 1.807) is 0 Å². The number of rotatable bonds is 4. The maximum absolute atomic E-state index is 5.40. The van der Waals surface area contributed by atoms with Gasteiger partial charge < -0.3 is 15.4 Å². The Morgan fingerprint density at radius 1 is 1.29 bits per heavy atom. The van der Waals surface area contributed by atoms with Crippen molar-refractivity contribution in [1.82, 2.24) is 4.98 Å². The van der Waals surface area contributed by atoms with Crippen LogP contribution < -0.4 is 10.6 Å². The first-order valence-corrected chi connectivity index (χ1v) is 6.18. The third-order valence-electron chi connectivity index (χ3n) is 3.40. The Kier molecular flexibility index (Phi) is 3.84. The van der Waals surface area contributed by atoms with Crippen LogP contribution >= 0.6 is 0 Å². The number of pyridine rings is 1. The SMILES string of the molecule is CNc1cccc(NCC2(C)CCOCC2)n1. The maximum atomic E-state index is 5.40. The molecule has 0 atom stereocenters. The standard InChI is InChI=1S/C13H21N3O/c1-13(6-8-17-9-7-13)10-15-12-5-3-4-11(14-2)16-12/h3-5H,6-10H2,1-2H3,(H2,14,15,16). The monoisotopic (exact) mass is 235 g/mol. The molecule has 1 aliphatic heterocycles. The first-order chi connectivity index (χ1) is 8.22. The highest BCUT2D eigenvalue weighted by atomic mass is 16.5. The molecule has 2 N–H and O–H groups in total. The third-order valence-corrected chi connectivity index (χ3v) is 3.40. The molecule has 4 nitrogen and oxygen atoms in total. The second-order valence-electron chi connectivity index (χ2n) is 4.93. The second kappa shape index (κ2) is 5.36. The van der Waals surface area contributed by atoms with Gasteiger partial charge in [-0.25, -0.2) is 4.98 Å². The highest BCUT2D eigenvalue weighted by Gasteiger charge is 2.27. The molecule has 1 fully saturated rings. The molecule has 4 heteroatoms. The van der Waals surface area contributed by atoms with Crippen LogP contribution in [0.15, 0.2) is 18.2 Å². The zero-order valence-electron chi connectivity index (χ0n) is 10.6. The Morgan fingerprint density at radius 3 is 2.71 bits per heavy atom. The van der Waals surface area contributed by atoms with Gasteiger partial charge in [0, 0.05) is 26.8 Å². The molecule has 0 radical (unpaired) electrons. The lowest BCUT2D eigenvalue weighted by atomic mass is 9.82. The van der Waals surface area contributed by atoms with Gasteiger partial charge in [0.1, 0.15) is 11.6 Å². The average molecular weight is 235 g/mol. The van der Waals surface area contributed by atoms with Crippen molar-refractivity contribution in [2.45, 2.75) is 19.8 Å². The summed E-state index contributed by atoms with van der Waals surface area (Å²) in [5.41, 5.74) is 0.329. The van der Waals surface area contributed by atoms with E-state index < -0.39 is 0 Å². The van der Waals surface area contributed by atoms with Crippen LogP contribution in [0.5, 0.6) is 0 Å². The van der Waals surface area contributed by atoms with E-state index in [0.717, 1.165) is 44.2 Å². The van der Waals surface area contributed by atoms with Crippen LogP contribution in [0, 0.1) is 5.41 Å². The highest BCUT2D eigenvalue weighted by Crippen LogP contribution is 2.29. The molecule has 17 heavy (non-hydrogen) atoms. The van der Waals surface area contributed by atoms with Gasteiger partial charge in [0.05, 0.1) is 0 Å². The molecule has 2 heterocycles. The van der Waals surface area contributed by atoms with E-state index in [0.29, 0.717) is 5.41 Å². The summed E-state index contributed by atoms with van der Waals surface area (Å²) in [6, 6.07) is 5.97. The summed E-state index contributed by atoms with van der Waals surface area (Å²) >= 11 is 0. The second-order valence-corrected chi connectivity index (χ2v) is 4.93. The van der Waals surface area contributed by atoms with Crippen LogP contribution in [-0.4, -0.2) is 31.8 Å². The highest BCUT2D eigenvalue weighted by molar-refractivity contribution is 5.44. The van der Waals surface area contributed by atoms with Crippen molar-refractivity contribution in [3.05, 3.63) is 18.2 Å². The number of aromatic nitrogens is 1. The van der Waals surface area contributed by atoms with Crippen molar-refractivity contribution < 1.29 is 4.74 Å². The third kappa shape index (κ3) is 3.33. The van der Waals surface area contributed by atoms with Crippen molar-refractivity contribution in [3.63, 3.8) is 0 Å². The first-order valence-electron chi connectivity index (χ1n) is 6.18. The quantitative estimate of drug-likeness (QED) is 0.841. The Labute approximate surface area is 103 Å². The molecule has 0 amide bonds. The molecule has 0 saturated carbocycles. The van der Waals surface area contributed by atoms with Crippen molar-refractivity contribution in [2.75, 3.05) is 37.4 Å². The average Bonchev–Trinajstić information content (AvgIpc) is 2.38. The lowest BCUT2D eigenvalue weighted by Crippen LogP contribution is -2.33. The predicted molar refractivity (Wildman–Crippen MR) is 70.4 cm³/mol. The number of nitrogens with one attached hydrogen (secondary N) is 2. The minimum Gasteiger partial charge on any atom is -0.381 e. The molecular formula is C13H21N3O. The van der Waals surface area contributed by atoms with Gasteiger partial charge in [-0.1, -0.05) is 13.0 Å². The van der Waals surface area contributed by atoms with E-state index in [9.17, 15) is 0 Å². The molecule has 1 aliphatic rings. The van der Waals surface area contributed by atoms with Gasteiger partial charge in [-0.2, -0.15) is 0 Å². The van der Waals surface area contributed by atoms with E-state index in [1.807, 2.05) is 25.2 Å². The van der Waals surface area contributed by atoms with E-state index in [-0.39, 0.29) is 0 Å². The summed E-state index contributed by atoms with van der Waals surface area (Å²) in [7, 11) is 1.88. The Hall–Kier alpha value is -1.29. The number of hydrogen-bond donors (Lipinski definition) is 2. The Bertz CT molecular complexity index is 361. The minimum atomic E-state index is 0.329. The Balaban J connectivity index is 1.92. The van der Waals surface area contributed by atoms with E-state index in [4.69, 9.17) is 4.74 Å². The summed E-state index contributed by atoms with van der Waals surface area (Å²) < 4.78 is 5.40. The van der Waals surface area contributed by atoms with Crippen LogP contribution in [0.1, 0.15) is 19.8 Å². The van der Waals surface area contributed by atoms with Crippen LogP contribution in [0.25, 0.3) is 0 Å². The molecule has 94 valence electrons. The van der Waals surface area contributed by atoms with Gasteiger partial charge >= 0.3 is 0 Å². The molecule has 1 saturated heterocycles. The normalized spacial score (nSPS) is 18.7. The van der Waals surface area contributed by atoms with Crippen LogP contribution in [0.2, 0.25) is 0 Å². The minimum absolute atomic E-state index is 0.329. The molecule has 0 bridgehead atoms. The van der Waals surface area contributed by atoms with Crippen LogP contribution in [0.3, 0.4) is 0 Å². The van der Waals surface area contributed by atoms with E-state index >= 15 is 0 Å². The van der Waals surface area contributed by atoms with Gasteiger partial charge in [0.15, 0.2) is 0 Å². The fraction of sp³-hybridized carbons (Fsp3) is 0.615. The fourth-order valence-corrected chi connectivity index (χ4v) is 2.02. The topological polar surface area (TPSA) is 46.2 Å². The predicted octanol–water partition coefficient (Wildman–Crippen LogP) is 2.35. The summed E-state index contributed by atoms with van der Waals surface area (Å²) in [5, 5.41) is 6.47. The van der Waals surface area contributed by atoms with Gasteiger partial charge in [0.2, 0.25) is 0 Å². The molecule has 0 aliphatic carbocycles. The Morgan fingerprint density at radius 2 is 2.00 bits per heavy atom. The van der Waals surface area contributed by atoms with Crippen molar-refractivity contribution >= 4 is 11.6 Å². The number of ether oxygens (including phenoxy) is 1. The first kappa shape index (κ1) is 12.2. The number of anilines is 2. The van der Waals surface area contributed by atoms with E-state index in [2.05, 4.69) is 22.5 Å². The zero-order chi connectivity index (χ0) is 12.1. The molecular weight excluding hydrogens is 214 g/mol. The summed E-state index contributed by atoms with van der Waals surface area (Å²) in [6.07, 6.45) is 2.23. The lowest BCUT2D eigenvalue weighted by molar-refractivity contribution is 0.0300. The van der Waals surface area contributed by atoms with Crippen LogP contribution in [-0.2, 0) is 4.74 Å². The molecule has 0 spiro atoms. The molecule has 0 unspecified atom stereocenters. The van der Waals surface area contributed by atoms with Gasteiger partial charge in [-0.05, 0) is 30.4 Å². The van der Waals surface area contributed by atoms with Crippen molar-refractivity contribution in [2.24, 2.45) is 5.41 Å². The fourth-order valence-electron chi connectivity index (χ4n) is 2.02. The van der Waals surface area contributed by atoms with Gasteiger partial charge in [0.25, 0.3) is 0 Å². The number of nitrogens with zero attached hydrogens (tertiary/aromatic N) is 1. The van der Waals surface area contributed by atoms with Crippen molar-refractivity contribution in [3.8, 4) is 0 Å². The molecule has 1 aromatic heterocycles.